The Kier molecular flexibility index (Phi) is 8.93. The van der Waals surface area contributed by atoms with Crippen LogP contribution in [0.2, 0.25) is 0 Å². The van der Waals surface area contributed by atoms with Crippen LogP contribution >= 0.6 is 0 Å². The lowest BCUT2D eigenvalue weighted by Gasteiger charge is -2.20. The molecule has 0 fully saturated rings. The van der Waals surface area contributed by atoms with Crippen molar-refractivity contribution in [3.63, 3.8) is 0 Å². The van der Waals surface area contributed by atoms with Gasteiger partial charge < -0.3 is 25.7 Å². The maximum Gasteiger partial charge on any atom is 0.315 e. The first-order valence-corrected chi connectivity index (χ1v) is 10.00. The third-order valence-corrected chi connectivity index (χ3v) is 4.37. The van der Waals surface area contributed by atoms with Crippen LogP contribution in [0.15, 0.2) is 47.1 Å². The van der Waals surface area contributed by atoms with Crippen molar-refractivity contribution in [3.8, 4) is 0 Å². The minimum atomic E-state index is -0.735. The SMILES string of the molecule is Cc1ccc(CNC(=O)NC(CC(C)C)C(=O)NCC(=O)NCc2ccco2)cc1. The first kappa shape index (κ1) is 23.0. The molecule has 2 rings (SSSR count). The highest BCUT2D eigenvalue weighted by molar-refractivity contribution is 5.90. The van der Waals surface area contributed by atoms with Crippen molar-refractivity contribution < 1.29 is 18.8 Å². The Morgan fingerprint density at radius 3 is 2.33 bits per heavy atom. The molecule has 0 radical (unpaired) electrons. The Hall–Kier alpha value is -3.29. The van der Waals surface area contributed by atoms with Crippen LogP contribution in [0.1, 0.15) is 37.2 Å². The van der Waals surface area contributed by atoms with Crippen molar-refractivity contribution >= 4 is 17.8 Å². The molecular weight excluding hydrogens is 384 g/mol. The molecule has 0 saturated carbocycles. The fourth-order valence-electron chi connectivity index (χ4n) is 2.75. The maximum absolute atomic E-state index is 12.5. The van der Waals surface area contributed by atoms with Gasteiger partial charge in [-0.25, -0.2) is 4.79 Å². The molecule has 1 heterocycles. The molecule has 0 saturated heterocycles. The van der Waals surface area contributed by atoms with E-state index in [1.165, 1.54) is 6.26 Å². The molecular formula is C22H30N4O4. The zero-order chi connectivity index (χ0) is 21.9. The predicted octanol–water partition coefficient (Wildman–Crippen LogP) is 2.23. The number of aryl methyl sites for hydroxylation is 1. The zero-order valence-corrected chi connectivity index (χ0v) is 17.7. The summed E-state index contributed by atoms with van der Waals surface area (Å²) in [5.74, 6) is 0.0689. The van der Waals surface area contributed by atoms with Gasteiger partial charge in [0.15, 0.2) is 0 Å². The molecule has 0 aliphatic carbocycles. The number of hydrogen-bond acceptors (Lipinski definition) is 4. The van der Waals surface area contributed by atoms with E-state index in [0.29, 0.717) is 18.7 Å². The van der Waals surface area contributed by atoms with Gasteiger partial charge in [0.25, 0.3) is 0 Å². The minimum Gasteiger partial charge on any atom is -0.467 e. The van der Waals surface area contributed by atoms with Gasteiger partial charge in [-0.1, -0.05) is 43.7 Å². The average Bonchev–Trinajstić information content (AvgIpc) is 3.23. The molecule has 0 bridgehead atoms. The first-order chi connectivity index (χ1) is 14.3. The minimum absolute atomic E-state index is 0.180. The highest BCUT2D eigenvalue weighted by Gasteiger charge is 2.22. The molecule has 0 aliphatic heterocycles. The van der Waals surface area contributed by atoms with Crippen molar-refractivity contribution in [1.29, 1.82) is 0 Å². The summed E-state index contributed by atoms with van der Waals surface area (Å²) >= 11 is 0. The van der Waals surface area contributed by atoms with E-state index < -0.39 is 18.0 Å². The van der Waals surface area contributed by atoms with Crippen LogP contribution in [0.4, 0.5) is 4.79 Å². The third-order valence-electron chi connectivity index (χ3n) is 4.37. The van der Waals surface area contributed by atoms with E-state index in [0.717, 1.165) is 11.1 Å². The van der Waals surface area contributed by atoms with E-state index in [2.05, 4.69) is 21.3 Å². The summed E-state index contributed by atoms with van der Waals surface area (Å²) in [5.41, 5.74) is 2.11. The molecule has 0 spiro atoms. The number of urea groups is 1. The summed E-state index contributed by atoms with van der Waals surface area (Å²) in [6.07, 6.45) is 1.98. The molecule has 1 aromatic carbocycles. The standard InChI is InChI=1S/C22H30N4O4/c1-15(2)11-19(26-22(29)25-12-17-8-6-16(3)7-9-17)21(28)24-14-20(27)23-13-18-5-4-10-30-18/h4-10,15,19H,11-14H2,1-3H3,(H,23,27)(H,24,28)(H2,25,26,29). The van der Waals surface area contributed by atoms with Crippen LogP contribution < -0.4 is 21.3 Å². The van der Waals surface area contributed by atoms with Gasteiger partial charge in [0.1, 0.15) is 11.8 Å². The molecule has 2 aromatic rings. The Morgan fingerprint density at radius 1 is 0.967 bits per heavy atom. The Balaban J connectivity index is 1.79. The van der Waals surface area contributed by atoms with Crippen LogP contribution in [-0.4, -0.2) is 30.4 Å². The number of amides is 4. The van der Waals surface area contributed by atoms with Gasteiger partial charge in [-0.15, -0.1) is 0 Å². The topological polar surface area (TPSA) is 112 Å². The quantitative estimate of drug-likeness (QED) is 0.478. The largest absolute Gasteiger partial charge is 0.467 e. The van der Waals surface area contributed by atoms with Crippen molar-refractivity contribution in [1.82, 2.24) is 21.3 Å². The molecule has 1 atom stereocenters. The second-order valence-electron chi connectivity index (χ2n) is 7.57. The van der Waals surface area contributed by atoms with E-state index in [1.54, 1.807) is 12.1 Å². The van der Waals surface area contributed by atoms with Gasteiger partial charge in [-0.2, -0.15) is 0 Å². The monoisotopic (exact) mass is 414 g/mol. The molecule has 30 heavy (non-hydrogen) atoms. The van der Waals surface area contributed by atoms with Gasteiger partial charge in [-0.05, 0) is 37.0 Å². The molecule has 8 heteroatoms. The molecule has 4 N–H and O–H groups in total. The van der Waals surface area contributed by atoms with Gasteiger partial charge in [0.2, 0.25) is 11.8 Å². The van der Waals surface area contributed by atoms with Crippen LogP contribution in [-0.2, 0) is 22.7 Å². The highest BCUT2D eigenvalue weighted by Crippen LogP contribution is 2.06. The Bertz CT molecular complexity index is 816. The molecule has 0 aliphatic rings. The fraction of sp³-hybridized carbons (Fsp3) is 0.409. The number of rotatable bonds is 10. The lowest BCUT2D eigenvalue weighted by atomic mass is 10.0. The van der Waals surface area contributed by atoms with E-state index in [1.807, 2.05) is 45.0 Å². The van der Waals surface area contributed by atoms with E-state index >= 15 is 0 Å². The van der Waals surface area contributed by atoms with Crippen LogP contribution in [0, 0.1) is 12.8 Å². The molecule has 1 aromatic heterocycles. The Labute approximate surface area is 176 Å². The summed E-state index contributed by atoms with van der Waals surface area (Å²) in [5, 5.41) is 10.7. The van der Waals surface area contributed by atoms with Crippen LogP contribution in [0.3, 0.4) is 0 Å². The lowest BCUT2D eigenvalue weighted by Crippen LogP contribution is -2.51. The molecule has 1 unspecified atom stereocenters. The van der Waals surface area contributed by atoms with Gasteiger partial charge >= 0.3 is 6.03 Å². The number of carbonyl (C=O) groups excluding carboxylic acids is 3. The summed E-state index contributed by atoms with van der Waals surface area (Å²) in [4.78, 5) is 36.7. The van der Waals surface area contributed by atoms with Crippen LogP contribution in [0.25, 0.3) is 0 Å². The van der Waals surface area contributed by atoms with Crippen molar-refractivity contribution in [2.24, 2.45) is 5.92 Å². The van der Waals surface area contributed by atoms with Crippen molar-refractivity contribution in [2.45, 2.75) is 46.3 Å². The normalized spacial score (nSPS) is 11.6. The number of hydrogen-bond donors (Lipinski definition) is 4. The van der Waals surface area contributed by atoms with Gasteiger partial charge in [0, 0.05) is 6.54 Å². The summed E-state index contributed by atoms with van der Waals surface area (Å²) < 4.78 is 5.14. The zero-order valence-electron chi connectivity index (χ0n) is 17.7. The van der Waals surface area contributed by atoms with Gasteiger partial charge in [-0.3, -0.25) is 9.59 Å². The fourth-order valence-corrected chi connectivity index (χ4v) is 2.75. The summed E-state index contributed by atoms with van der Waals surface area (Å²) in [7, 11) is 0. The number of nitrogens with one attached hydrogen (secondary N) is 4. The van der Waals surface area contributed by atoms with E-state index in [9.17, 15) is 14.4 Å². The van der Waals surface area contributed by atoms with Crippen LogP contribution in [0.5, 0.6) is 0 Å². The van der Waals surface area contributed by atoms with Gasteiger partial charge in [0.05, 0.1) is 19.4 Å². The number of carbonyl (C=O) groups is 3. The predicted molar refractivity (Wildman–Crippen MR) is 113 cm³/mol. The van der Waals surface area contributed by atoms with Crippen molar-refractivity contribution in [3.05, 3.63) is 59.5 Å². The van der Waals surface area contributed by atoms with Crippen molar-refractivity contribution in [2.75, 3.05) is 6.54 Å². The second-order valence-corrected chi connectivity index (χ2v) is 7.57. The summed E-state index contributed by atoms with van der Waals surface area (Å²) in [6, 6.07) is 10.1. The summed E-state index contributed by atoms with van der Waals surface area (Å²) in [6.45, 7) is 6.34. The maximum atomic E-state index is 12.5. The Morgan fingerprint density at radius 2 is 1.70 bits per heavy atom. The number of furan rings is 1. The third kappa shape index (κ3) is 8.38. The van der Waals surface area contributed by atoms with E-state index in [4.69, 9.17) is 4.42 Å². The number of benzene rings is 1. The lowest BCUT2D eigenvalue weighted by molar-refractivity contribution is -0.127. The first-order valence-electron chi connectivity index (χ1n) is 10.00. The highest BCUT2D eigenvalue weighted by atomic mass is 16.3. The molecule has 162 valence electrons. The molecule has 8 nitrogen and oxygen atoms in total. The molecule has 4 amide bonds. The average molecular weight is 415 g/mol. The van der Waals surface area contributed by atoms with E-state index in [-0.39, 0.29) is 24.9 Å². The smallest absolute Gasteiger partial charge is 0.315 e. The second kappa shape index (κ2) is 11.6.